The molecule has 0 radical (unpaired) electrons. The van der Waals surface area contributed by atoms with Crippen LogP contribution in [0.25, 0.3) is 10.4 Å². The number of benzene rings is 2. The molecule has 5 nitrogen and oxygen atoms in total. The van der Waals surface area contributed by atoms with Crippen LogP contribution in [0, 0.1) is 6.92 Å². The Morgan fingerprint density at radius 3 is 2.52 bits per heavy atom. The highest BCUT2D eigenvalue weighted by molar-refractivity contribution is 7.91. The predicted molar refractivity (Wildman–Crippen MR) is 117 cm³/mol. The summed E-state index contributed by atoms with van der Waals surface area (Å²) in [4.78, 5) is 16.5. The average molecular weight is 427 g/mol. The van der Waals surface area contributed by atoms with Crippen molar-refractivity contribution < 1.29 is 13.2 Å². The van der Waals surface area contributed by atoms with Crippen LogP contribution in [0.4, 0.5) is 5.69 Å². The highest BCUT2D eigenvalue weighted by Gasteiger charge is 2.30. The zero-order chi connectivity index (χ0) is 20.8. The number of amides is 1. The largest absolute Gasteiger partial charge is 0.378 e. The monoisotopic (exact) mass is 426 g/mol. The smallest absolute Gasteiger partial charge is 0.261 e. The summed E-state index contributed by atoms with van der Waals surface area (Å²) in [5, 5.41) is 2.94. The Labute approximate surface area is 174 Å². The highest BCUT2D eigenvalue weighted by atomic mass is 32.2. The van der Waals surface area contributed by atoms with Crippen LogP contribution in [0.2, 0.25) is 0 Å². The number of nitrogens with one attached hydrogen (secondary N) is 1. The summed E-state index contributed by atoms with van der Waals surface area (Å²) < 4.78 is 25.2. The molecule has 0 saturated heterocycles. The second-order valence-electron chi connectivity index (χ2n) is 7.47. The number of carbonyl (C=O) groups is 1. The van der Waals surface area contributed by atoms with Crippen LogP contribution in [-0.2, 0) is 22.1 Å². The maximum Gasteiger partial charge on any atom is 0.261 e. The maximum atomic E-state index is 12.7. The van der Waals surface area contributed by atoms with Crippen LogP contribution < -0.4 is 10.2 Å². The molecular weight excluding hydrogens is 404 g/mol. The van der Waals surface area contributed by atoms with Gasteiger partial charge < -0.3 is 10.2 Å². The van der Waals surface area contributed by atoms with Gasteiger partial charge >= 0.3 is 0 Å². The van der Waals surface area contributed by atoms with Crippen molar-refractivity contribution in [1.29, 1.82) is 0 Å². The van der Waals surface area contributed by atoms with Crippen molar-refractivity contribution >= 4 is 32.8 Å². The molecule has 0 bridgehead atoms. The molecule has 0 atom stereocenters. The third kappa shape index (κ3) is 3.80. The number of hydrogen-bond acceptors (Lipinski definition) is 5. The Hall–Kier alpha value is -2.64. The number of anilines is 1. The Morgan fingerprint density at radius 2 is 1.83 bits per heavy atom. The van der Waals surface area contributed by atoms with E-state index in [1.165, 1.54) is 11.3 Å². The van der Waals surface area contributed by atoms with E-state index in [1.54, 1.807) is 12.1 Å². The molecule has 1 aliphatic rings. The molecule has 1 aromatic heterocycles. The molecule has 0 fully saturated rings. The van der Waals surface area contributed by atoms with Crippen LogP contribution in [0.5, 0.6) is 0 Å². The molecule has 0 spiro atoms. The number of nitrogens with zero attached hydrogens (tertiary/aromatic N) is 1. The topological polar surface area (TPSA) is 66.5 Å². The van der Waals surface area contributed by atoms with E-state index in [-0.39, 0.29) is 11.7 Å². The van der Waals surface area contributed by atoms with E-state index in [0.29, 0.717) is 27.4 Å². The number of aryl methyl sites for hydroxylation is 1. The second kappa shape index (κ2) is 7.31. The molecule has 1 aliphatic heterocycles. The van der Waals surface area contributed by atoms with Crippen molar-refractivity contribution in [3.8, 4) is 10.4 Å². The number of fused-ring (bicyclic) bond motifs is 3. The van der Waals surface area contributed by atoms with E-state index in [1.807, 2.05) is 62.3 Å². The van der Waals surface area contributed by atoms with Crippen molar-refractivity contribution in [2.45, 2.75) is 24.1 Å². The Bertz CT molecular complexity index is 1190. The molecular formula is C22H22N2O3S2. The van der Waals surface area contributed by atoms with Gasteiger partial charge in [-0.1, -0.05) is 23.8 Å². The van der Waals surface area contributed by atoms with Gasteiger partial charge in [0.2, 0.25) is 0 Å². The minimum absolute atomic E-state index is 0.0613. The van der Waals surface area contributed by atoms with Gasteiger partial charge in [0.1, 0.15) is 0 Å². The van der Waals surface area contributed by atoms with Crippen molar-refractivity contribution in [3.05, 3.63) is 70.1 Å². The zero-order valence-corrected chi connectivity index (χ0v) is 18.2. The van der Waals surface area contributed by atoms with Crippen LogP contribution in [-0.4, -0.2) is 28.4 Å². The molecule has 2 heterocycles. The summed E-state index contributed by atoms with van der Waals surface area (Å²) in [6.07, 6.45) is 0. The van der Waals surface area contributed by atoms with Crippen molar-refractivity contribution in [2.24, 2.45) is 0 Å². The number of hydrogen-bond donors (Lipinski definition) is 1. The summed E-state index contributed by atoms with van der Waals surface area (Å²) >= 11 is 1.35. The minimum Gasteiger partial charge on any atom is -0.378 e. The lowest BCUT2D eigenvalue weighted by molar-refractivity contribution is 0.0955. The van der Waals surface area contributed by atoms with E-state index >= 15 is 0 Å². The fourth-order valence-electron chi connectivity index (χ4n) is 3.43. The quantitative estimate of drug-likeness (QED) is 0.685. The van der Waals surface area contributed by atoms with Crippen LogP contribution in [0.3, 0.4) is 0 Å². The molecule has 150 valence electrons. The molecule has 0 aliphatic carbocycles. The van der Waals surface area contributed by atoms with Crippen molar-refractivity contribution in [2.75, 3.05) is 19.0 Å². The Kier molecular flexibility index (Phi) is 4.96. The van der Waals surface area contributed by atoms with Crippen molar-refractivity contribution in [3.63, 3.8) is 0 Å². The number of rotatable bonds is 4. The van der Waals surface area contributed by atoms with Gasteiger partial charge in [0.05, 0.1) is 15.5 Å². The first-order chi connectivity index (χ1) is 13.7. The van der Waals surface area contributed by atoms with E-state index < -0.39 is 9.84 Å². The fourth-order valence-corrected chi connectivity index (χ4v) is 6.28. The lowest BCUT2D eigenvalue weighted by Gasteiger charge is -2.17. The van der Waals surface area contributed by atoms with Crippen LogP contribution >= 0.6 is 11.3 Å². The number of thiophene rings is 1. The Balaban J connectivity index is 1.56. The summed E-state index contributed by atoms with van der Waals surface area (Å²) in [6, 6.07) is 15.1. The predicted octanol–water partition coefficient (Wildman–Crippen LogP) is 4.01. The number of carbonyl (C=O) groups excluding carboxylic acids is 1. The normalized spacial score (nSPS) is 14.0. The first-order valence-corrected chi connectivity index (χ1v) is 11.7. The van der Waals surface area contributed by atoms with Crippen LogP contribution in [0.15, 0.2) is 53.4 Å². The van der Waals surface area contributed by atoms with E-state index in [2.05, 4.69) is 5.32 Å². The van der Waals surface area contributed by atoms with Crippen LogP contribution in [0.1, 0.15) is 26.4 Å². The molecule has 4 rings (SSSR count). The van der Waals surface area contributed by atoms with Gasteiger partial charge in [-0.3, -0.25) is 4.79 Å². The number of sulfone groups is 1. The van der Waals surface area contributed by atoms with Gasteiger partial charge in [0, 0.05) is 36.8 Å². The van der Waals surface area contributed by atoms with Crippen molar-refractivity contribution in [1.82, 2.24) is 5.32 Å². The average Bonchev–Trinajstić information content (AvgIpc) is 3.09. The van der Waals surface area contributed by atoms with Gasteiger partial charge in [-0.2, -0.15) is 0 Å². The lowest BCUT2D eigenvalue weighted by atomic mass is 10.1. The third-order valence-electron chi connectivity index (χ3n) is 5.00. The molecule has 3 aromatic rings. The SMILES string of the molecule is Cc1ccc2c(c1)-c1sc(C(=O)NCc3ccc(N(C)C)cc3)cc1CS2(=O)=O. The van der Waals surface area contributed by atoms with Gasteiger partial charge in [0.15, 0.2) is 9.84 Å². The first-order valence-electron chi connectivity index (χ1n) is 9.25. The van der Waals surface area contributed by atoms with E-state index in [0.717, 1.165) is 21.7 Å². The zero-order valence-electron chi connectivity index (χ0n) is 16.5. The highest BCUT2D eigenvalue weighted by Crippen LogP contribution is 2.43. The molecule has 0 unspecified atom stereocenters. The first kappa shape index (κ1) is 19.7. The van der Waals surface area contributed by atoms with Gasteiger partial charge in [-0.25, -0.2) is 8.42 Å². The minimum atomic E-state index is -3.38. The van der Waals surface area contributed by atoms with Gasteiger partial charge in [-0.15, -0.1) is 11.3 Å². The van der Waals surface area contributed by atoms with Gasteiger partial charge in [0.25, 0.3) is 5.91 Å². The fraction of sp³-hybridized carbons (Fsp3) is 0.227. The van der Waals surface area contributed by atoms with Gasteiger partial charge in [-0.05, 0) is 48.4 Å². The molecule has 7 heteroatoms. The molecule has 0 saturated carbocycles. The molecule has 1 N–H and O–H groups in total. The maximum absolute atomic E-state index is 12.7. The third-order valence-corrected chi connectivity index (χ3v) is 7.93. The summed E-state index contributed by atoms with van der Waals surface area (Å²) in [6.45, 7) is 2.35. The molecule has 29 heavy (non-hydrogen) atoms. The van der Waals surface area contributed by atoms with E-state index in [9.17, 15) is 13.2 Å². The summed E-state index contributed by atoms with van der Waals surface area (Å²) in [5.74, 6) is -0.249. The Morgan fingerprint density at radius 1 is 1.10 bits per heavy atom. The second-order valence-corrected chi connectivity index (χ2v) is 10.5. The van der Waals surface area contributed by atoms with E-state index in [4.69, 9.17) is 0 Å². The summed E-state index contributed by atoms with van der Waals surface area (Å²) in [7, 11) is 0.583. The molecule has 2 aromatic carbocycles. The molecule has 1 amide bonds. The lowest BCUT2D eigenvalue weighted by Crippen LogP contribution is -2.21. The summed E-state index contributed by atoms with van der Waals surface area (Å²) in [5.41, 5.74) is 4.51. The standard InChI is InChI=1S/C22H22N2O3S2/c1-14-4-9-20-18(10-14)21-16(13-29(20,26)27)11-19(28-21)22(25)23-12-15-5-7-17(8-6-15)24(2)3/h4-11H,12-13H2,1-3H3,(H,23,25).